The molecule has 1 atom stereocenters. The van der Waals surface area contributed by atoms with Gasteiger partial charge >= 0.3 is 0 Å². The normalized spacial score (nSPS) is 12.4. The Bertz CT molecular complexity index is 1350. The lowest BCUT2D eigenvalue weighted by molar-refractivity contribution is 0.0175. The van der Waals surface area contributed by atoms with Gasteiger partial charge in [0.25, 0.3) is 11.8 Å². The number of alkyl halides is 2. The van der Waals surface area contributed by atoms with Gasteiger partial charge in [-0.3, -0.25) is 4.79 Å². The number of nitrogens with one attached hydrogen (secondary N) is 1. The lowest BCUT2D eigenvalue weighted by atomic mass is 10.0. The summed E-state index contributed by atoms with van der Waals surface area (Å²) in [5, 5.41) is 21.9. The van der Waals surface area contributed by atoms with Gasteiger partial charge in [0, 0.05) is 35.2 Å². The Hall–Kier alpha value is -3.88. The smallest absolute Gasteiger partial charge is 0.270 e. The maximum Gasteiger partial charge on any atom is 0.270 e. The second-order valence-corrected chi connectivity index (χ2v) is 8.17. The van der Waals surface area contributed by atoms with Gasteiger partial charge in [-0.25, -0.2) is 13.8 Å². The monoisotopic (exact) mass is 478 g/mol. The lowest BCUT2D eigenvalue weighted by Crippen LogP contribution is -2.21. The van der Waals surface area contributed by atoms with Gasteiger partial charge in [-0.15, -0.1) is 0 Å². The molecule has 0 saturated carbocycles. The zero-order valence-electron chi connectivity index (χ0n) is 18.9. The minimum absolute atomic E-state index is 0.0882. The van der Waals surface area contributed by atoms with Crippen molar-refractivity contribution >= 4 is 22.5 Å². The van der Waals surface area contributed by atoms with E-state index < -0.39 is 24.5 Å². The van der Waals surface area contributed by atoms with Crippen LogP contribution < -0.4 is 10.1 Å². The fraction of sp³-hybridized carbons (Fsp3) is 0.185. The van der Waals surface area contributed by atoms with Gasteiger partial charge in [0.2, 0.25) is 0 Å². The number of para-hydroxylation sites is 1. The molecule has 0 aliphatic carbocycles. The minimum atomic E-state index is -2.98. The van der Waals surface area contributed by atoms with Crippen LogP contribution >= 0.6 is 0 Å². The largest absolute Gasteiger partial charge is 0.491 e. The maximum atomic E-state index is 13.8. The number of pyridine rings is 1. The number of carbonyl (C=O) groups excluding carboxylic acids is 1. The second kappa shape index (κ2) is 10.2. The van der Waals surface area contributed by atoms with Crippen molar-refractivity contribution in [3.63, 3.8) is 0 Å². The number of amides is 1. The van der Waals surface area contributed by atoms with E-state index in [4.69, 9.17) is 9.84 Å². The van der Waals surface area contributed by atoms with Crippen molar-refractivity contribution < 1.29 is 28.5 Å². The summed E-state index contributed by atoms with van der Waals surface area (Å²) in [5.74, 6) is -2.96. The van der Waals surface area contributed by atoms with E-state index in [0.29, 0.717) is 33.8 Å². The zero-order chi connectivity index (χ0) is 25.0. The number of fused-ring (bicyclic) bond motifs is 1. The Labute approximate surface area is 200 Å². The Morgan fingerprint density at radius 2 is 1.83 bits per heavy atom. The number of rotatable bonds is 8. The van der Waals surface area contributed by atoms with E-state index in [-0.39, 0.29) is 12.2 Å². The van der Waals surface area contributed by atoms with Gasteiger partial charge in [-0.1, -0.05) is 42.5 Å². The molecule has 180 valence electrons. The average molecular weight is 478 g/mol. The molecule has 1 heterocycles. The van der Waals surface area contributed by atoms with Crippen LogP contribution in [0.4, 0.5) is 14.5 Å². The molecule has 6 nitrogen and oxygen atoms in total. The number of aromatic nitrogens is 1. The van der Waals surface area contributed by atoms with E-state index in [0.717, 1.165) is 12.3 Å². The quantitative estimate of drug-likeness (QED) is 0.332. The van der Waals surface area contributed by atoms with Crippen LogP contribution in [-0.4, -0.2) is 40.4 Å². The van der Waals surface area contributed by atoms with Gasteiger partial charge in [-0.2, -0.15) is 0 Å². The molecule has 0 radical (unpaired) electrons. The molecule has 0 unspecified atom stereocenters. The minimum Gasteiger partial charge on any atom is -0.491 e. The highest BCUT2D eigenvalue weighted by Crippen LogP contribution is 2.31. The molecular formula is C27H24F2N2O4. The molecule has 1 aromatic heterocycles. The summed E-state index contributed by atoms with van der Waals surface area (Å²) in [5.41, 5.74) is 2.12. The number of anilines is 1. The van der Waals surface area contributed by atoms with Crippen molar-refractivity contribution in [3.05, 3.63) is 90.0 Å². The molecular weight excluding hydrogens is 454 g/mol. The summed E-state index contributed by atoms with van der Waals surface area (Å²) in [4.78, 5) is 17.7. The van der Waals surface area contributed by atoms with Crippen LogP contribution in [-0.2, 0) is 5.92 Å². The van der Waals surface area contributed by atoms with Crippen LogP contribution in [0.2, 0.25) is 0 Å². The van der Waals surface area contributed by atoms with E-state index in [1.54, 1.807) is 60.7 Å². The molecule has 1 amide bonds. The van der Waals surface area contributed by atoms with Crippen molar-refractivity contribution in [2.45, 2.75) is 19.0 Å². The van der Waals surface area contributed by atoms with Crippen molar-refractivity contribution in [2.75, 3.05) is 18.5 Å². The molecule has 0 aliphatic rings. The van der Waals surface area contributed by atoms with Gasteiger partial charge in [0.05, 0.1) is 23.4 Å². The number of aliphatic hydroxyl groups is 2. The molecule has 35 heavy (non-hydrogen) atoms. The van der Waals surface area contributed by atoms with Crippen LogP contribution in [0.3, 0.4) is 0 Å². The summed E-state index contributed by atoms with van der Waals surface area (Å²) in [6, 6.07) is 21.4. The number of carbonyl (C=O) groups is 1. The number of aliphatic hydroxyl groups excluding tert-OH is 2. The summed E-state index contributed by atoms with van der Waals surface area (Å²) in [6.07, 6.45) is -1.01. The highest BCUT2D eigenvalue weighted by molar-refractivity contribution is 6.12. The molecule has 0 saturated heterocycles. The lowest BCUT2D eigenvalue weighted by Gasteiger charge is -2.13. The van der Waals surface area contributed by atoms with E-state index in [1.807, 2.05) is 6.07 Å². The first-order chi connectivity index (χ1) is 16.7. The second-order valence-electron chi connectivity index (χ2n) is 8.17. The first-order valence-corrected chi connectivity index (χ1v) is 11.0. The summed E-state index contributed by atoms with van der Waals surface area (Å²) in [7, 11) is 0. The third-order valence-corrected chi connectivity index (χ3v) is 5.38. The third kappa shape index (κ3) is 5.79. The summed E-state index contributed by atoms with van der Waals surface area (Å²) >= 11 is 0. The average Bonchev–Trinajstić information content (AvgIpc) is 2.86. The predicted octanol–water partition coefficient (Wildman–Crippen LogP) is 5.00. The fourth-order valence-corrected chi connectivity index (χ4v) is 3.55. The van der Waals surface area contributed by atoms with Crippen molar-refractivity contribution in [1.82, 2.24) is 4.98 Å². The van der Waals surface area contributed by atoms with Gasteiger partial charge < -0.3 is 20.3 Å². The molecule has 4 rings (SSSR count). The fourth-order valence-electron chi connectivity index (χ4n) is 3.55. The predicted molar refractivity (Wildman–Crippen MR) is 130 cm³/mol. The van der Waals surface area contributed by atoms with Crippen LogP contribution in [0.25, 0.3) is 22.2 Å². The van der Waals surface area contributed by atoms with E-state index in [2.05, 4.69) is 10.3 Å². The van der Waals surface area contributed by atoms with Crippen LogP contribution in [0.15, 0.2) is 78.9 Å². The summed E-state index contributed by atoms with van der Waals surface area (Å²) in [6.45, 7) is 0.337. The SMILES string of the molecule is CC(F)(F)c1cccc(-c2ccc3cccc(C(=O)Nc4cccc(OC[C@@H](O)CO)c4)c3n2)c1. The van der Waals surface area contributed by atoms with E-state index in [9.17, 15) is 18.7 Å². The Balaban J connectivity index is 1.62. The highest BCUT2D eigenvalue weighted by Gasteiger charge is 2.24. The topological polar surface area (TPSA) is 91.7 Å². The maximum absolute atomic E-state index is 13.8. The molecule has 3 N–H and O–H groups in total. The summed E-state index contributed by atoms with van der Waals surface area (Å²) < 4.78 is 33.0. The number of benzene rings is 3. The highest BCUT2D eigenvalue weighted by atomic mass is 19.3. The Morgan fingerprint density at radius 3 is 2.60 bits per heavy atom. The zero-order valence-corrected chi connectivity index (χ0v) is 18.9. The number of nitrogens with zero attached hydrogens (tertiary/aromatic N) is 1. The molecule has 3 aromatic carbocycles. The first-order valence-electron chi connectivity index (χ1n) is 11.0. The van der Waals surface area contributed by atoms with Crippen LogP contribution in [0, 0.1) is 0 Å². The van der Waals surface area contributed by atoms with Crippen molar-refractivity contribution in [2.24, 2.45) is 0 Å². The molecule has 0 aliphatic heterocycles. The van der Waals surface area contributed by atoms with E-state index >= 15 is 0 Å². The Kier molecular flexibility index (Phi) is 7.04. The van der Waals surface area contributed by atoms with Gasteiger partial charge in [-0.05, 0) is 30.3 Å². The van der Waals surface area contributed by atoms with Gasteiger partial charge in [0.1, 0.15) is 18.5 Å². The first kappa shape index (κ1) is 24.3. The van der Waals surface area contributed by atoms with Crippen molar-refractivity contribution in [1.29, 1.82) is 0 Å². The number of hydrogen-bond donors (Lipinski definition) is 3. The van der Waals surface area contributed by atoms with Crippen LogP contribution in [0.5, 0.6) is 5.75 Å². The van der Waals surface area contributed by atoms with Crippen molar-refractivity contribution in [3.8, 4) is 17.0 Å². The number of ether oxygens (including phenoxy) is 1. The molecule has 4 aromatic rings. The molecule has 0 bridgehead atoms. The molecule has 0 fully saturated rings. The molecule has 8 heteroatoms. The van der Waals surface area contributed by atoms with Gasteiger partial charge in [0.15, 0.2) is 0 Å². The van der Waals surface area contributed by atoms with E-state index in [1.165, 1.54) is 12.1 Å². The van der Waals surface area contributed by atoms with Crippen LogP contribution in [0.1, 0.15) is 22.8 Å². The Morgan fingerprint density at radius 1 is 1.06 bits per heavy atom. The molecule has 0 spiro atoms. The number of hydrogen-bond acceptors (Lipinski definition) is 5. The number of halogens is 2. The third-order valence-electron chi connectivity index (χ3n) is 5.38. The standard InChI is InChI=1S/C27H24F2N2O4/c1-27(28,29)19-7-2-6-18(13-19)24-12-11-17-5-3-10-23(25(17)31-24)26(34)30-20-8-4-9-22(14-20)35-16-21(33)15-32/h2-14,21,32-33H,15-16H2,1H3,(H,30,34)/t21-/m0/s1.